The van der Waals surface area contributed by atoms with Crippen LogP contribution in [-0.4, -0.2) is 206 Å². The first-order valence-electron chi connectivity index (χ1n) is 33.5. The van der Waals surface area contributed by atoms with Gasteiger partial charge in [-0.05, 0) is 136 Å². The average Bonchev–Trinajstić information content (AvgIpc) is 1.68. The van der Waals surface area contributed by atoms with Crippen molar-refractivity contribution in [2.24, 2.45) is 80.8 Å². The van der Waals surface area contributed by atoms with Crippen LogP contribution in [0.15, 0.2) is 85.1 Å². The summed E-state index contributed by atoms with van der Waals surface area (Å²) >= 11 is 1.60. The minimum atomic E-state index is -1.40. The number of aliphatic carboxylic acids is 6. The van der Waals surface area contributed by atoms with Gasteiger partial charge in [0.05, 0.1) is 0 Å². The molecule has 0 saturated carbocycles. The SMILES string of the molecule is CC(C)C[C@H](N)C(=O)O.CC[C@H](C)[C@H](N)C(=O)OC(=O)[C@@H](N)[C@@H](C)OC(=O)[C@@H](N)Cc1ccc(OC(=O)[C@@H](N)C(C)C)cc1.CSCC[C@H](N)C(=O)O.NCCCC[C@H](N)C(=O)O.N[C@@H](COC(=O)[C@@H](N)Cc1c[nH]c2ccccc12)C(=O)O.N[C@@H](Cc1ccccc1)C(=O)O.O=C(O)[C@@H]1CCCN1. The molecule has 3 aromatic carbocycles. The van der Waals surface area contributed by atoms with E-state index in [0.717, 1.165) is 60.0 Å². The molecule has 1 saturated heterocycles. The number of carboxylic acids is 6. The van der Waals surface area contributed by atoms with Crippen LogP contribution in [0.4, 0.5) is 0 Å². The molecule has 1 fully saturated rings. The maximum absolute atomic E-state index is 12.4. The number of unbranched alkanes of at least 4 members (excludes halogenated alkanes) is 1. The maximum atomic E-state index is 12.4. The summed E-state index contributed by atoms with van der Waals surface area (Å²) in [6.45, 7) is 13.6. The van der Waals surface area contributed by atoms with Crippen LogP contribution >= 0.6 is 11.8 Å². The highest BCUT2D eigenvalue weighted by atomic mass is 32.2. The summed E-state index contributed by atoms with van der Waals surface area (Å²) in [4.78, 5) is 125. The van der Waals surface area contributed by atoms with Crippen LogP contribution in [0, 0.1) is 17.8 Å². The minimum Gasteiger partial charge on any atom is -0.480 e. The first-order chi connectivity index (χ1) is 48.7. The number of ether oxygens (including phenoxy) is 4. The highest BCUT2D eigenvalue weighted by Crippen LogP contribution is 2.20. The maximum Gasteiger partial charge on any atom is 0.334 e. The number of nitrogens with one attached hydrogen (secondary N) is 2. The number of aromatic nitrogens is 1. The fourth-order valence-electron chi connectivity index (χ4n) is 8.17. The van der Waals surface area contributed by atoms with E-state index in [0.29, 0.717) is 62.3 Å². The molecule has 1 aliphatic rings. The molecule has 30 N–H and O–H groups in total. The molecule has 4 aromatic rings. The van der Waals surface area contributed by atoms with Crippen molar-refractivity contribution in [3.05, 3.63) is 102 Å². The molecular weight excluding hydrogens is 1380 g/mol. The first kappa shape index (κ1) is 97.5. The van der Waals surface area contributed by atoms with E-state index in [4.69, 9.17) is 113 Å². The molecular formula is C69H113N13O21S. The molecule has 0 unspecified atom stereocenters. The van der Waals surface area contributed by atoms with Gasteiger partial charge in [0, 0.05) is 23.5 Å². The number of para-hydroxylation sites is 1. The molecule has 0 bridgehead atoms. The quantitative estimate of drug-likeness (QED) is 0.0101. The van der Waals surface area contributed by atoms with Crippen LogP contribution in [0.3, 0.4) is 0 Å². The number of carboxylic acid groups (broad SMARTS) is 6. The molecule has 0 radical (unpaired) electrons. The number of carbonyl (C=O) groups is 11. The Hall–Kier alpha value is -8.56. The molecule has 0 amide bonds. The van der Waals surface area contributed by atoms with Crippen molar-refractivity contribution in [2.45, 2.75) is 192 Å². The summed E-state index contributed by atoms with van der Waals surface area (Å²) in [7, 11) is 0. The van der Waals surface area contributed by atoms with Gasteiger partial charge in [-0.3, -0.25) is 38.4 Å². The van der Waals surface area contributed by atoms with Crippen molar-refractivity contribution < 1.29 is 102 Å². The number of hydrogen-bond acceptors (Lipinski definition) is 28. The van der Waals surface area contributed by atoms with Crippen LogP contribution in [0.5, 0.6) is 5.75 Å². The third kappa shape index (κ3) is 42.9. The van der Waals surface area contributed by atoms with Gasteiger partial charge in [-0.1, -0.05) is 115 Å². The van der Waals surface area contributed by atoms with Crippen LogP contribution in [0.1, 0.15) is 117 Å². The number of aromatic amines is 1. The van der Waals surface area contributed by atoms with Gasteiger partial charge >= 0.3 is 65.7 Å². The zero-order valence-corrected chi connectivity index (χ0v) is 61.2. The lowest BCUT2D eigenvalue weighted by atomic mass is 10.0. The Labute approximate surface area is 610 Å². The second-order valence-corrected chi connectivity index (χ2v) is 25.8. The molecule has 34 nitrogen and oxygen atoms in total. The summed E-state index contributed by atoms with van der Waals surface area (Å²) in [5.41, 5.74) is 63.9. The van der Waals surface area contributed by atoms with Gasteiger partial charge in [0.2, 0.25) is 0 Å². The normalized spacial score (nSPS) is 15.5. The van der Waals surface area contributed by atoms with Gasteiger partial charge in [-0.15, -0.1) is 0 Å². The second-order valence-electron chi connectivity index (χ2n) is 24.9. The lowest BCUT2D eigenvalue weighted by Crippen LogP contribution is -2.48. The van der Waals surface area contributed by atoms with Crippen molar-refractivity contribution >= 4 is 88.3 Å². The Morgan fingerprint density at radius 1 is 0.548 bits per heavy atom. The predicted octanol–water partition coefficient (Wildman–Crippen LogP) is 0.727. The fourth-order valence-corrected chi connectivity index (χ4v) is 8.66. The summed E-state index contributed by atoms with van der Waals surface area (Å²) < 4.78 is 20.0. The zero-order valence-electron chi connectivity index (χ0n) is 60.4. The van der Waals surface area contributed by atoms with Crippen LogP contribution < -0.4 is 73.1 Å². The van der Waals surface area contributed by atoms with E-state index >= 15 is 0 Å². The Bertz CT molecular complexity index is 3200. The van der Waals surface area contributed by atoms with E-state index in [1.807, 2.05) is 95.5 Å². The van der Waals surface area contributed by atoms with Crippen LogP contribution in [0.25, 0.3) is 10.9 Å². The van der Waals surface area contributed by atoms with E-state index in [-0.39, 0.29) is 24.3 Å². The van der Waals surface area contributed by atoms with E-state index in [2.05, 4.69) is 10.3 Å². The molecule has 104 heavy (non-hydrogen) atoms. The lowest BCUT2D eigenvalue weighted by Gasteiger charge is -2.22. The topological polar surface area (TPSA) is 660 Å². The van der Waals surface area contributed by atoms with Gasteiger partial charge in [-0.2, -0.15) is 11.8 Å². The summed E-state index contributed by atoms with van der Waals surface area (Å²) in [6.07, 6.45) is 9.10. The molecule has 2 heterocycles. The van der Waals surface area contributed by atoms with E-state index in [1.165, 1.54) is 6.92 Å². The number of esters is 5. The van der Waals surface area contributed by atoms with Gasteiger partial charge in [0.15, 0.2) is 0 Å². The van der Waals surface area contributed by atoms with Crippen molar-refractivity contribution in [3.63, 3.8) is 0 Å². The number of rotatable bonds is 34. The second kappa shape index (κ2) is 54.1. The molecule has 35 heteroatoms. The largest absolute Gasteiger partial charge is 0.480 e. The number of hydrogen-bond donors (Lipinski definition) is 19. The smallest absolute Gasteiger partial charge is 0.334 e. The third-order valence-electron chi connectivity index (χ3n) is 15.1. The highest BCUT2D eigenvalue weighted by molar-refractivity contribution is 7.98. The van der Waals surface area contributed by atoms with Gasteiger partial charge in [0.25, 0.3) is 0 Å². The number of benzene rings is 3. The number of thioether (sulfide) groups is 1. The van der Waals surface area contributed by atoms with Gasteiger partial charge in [0.1, 0.15) is 84.9 Å². The lowest BCUT2D eigenvalue weighted by molar-refractivity contribution is -0.166. The monoisotopic (exact) mass is 1490 g/mol. The Morgan fingerprint density at radius 2 is 1.06 bits per heavy atom. The average molecular weight is 1490 g/mol. The minimum absolute atomic E-state index is 0.0639. The standard InChI is InChI=1S/C24H38N4O7.C14H17N3O4.C9H11NO2.C6H14N2O2.C6H13NO2.C5H11NO2S.C5H9NO2/c1-6-13(4)19(27)23(31)35-24(32)20(28)14(5)33-21(29)17(25)11-15-7-9-16(10-8-15)34-22(30)18(26)12(2)3;15-10(14(20)21-7-11(16)13(18)19)5-8-6-17-12-4-2-1-3-9(8)12;10-8(9(11)12)6-7-4-2-1-3-5-7;7-4-2-1-3-5(8)6(9)10;1-4(2)3-5(7)6(8)9;1-9-3-2-4(6)5(7)8;7-5(8)4-2-1-3-6-4/h7-10,12-14,17-20H,6,11,25-28H2,1-5H3;1-4,6,10-11,17H,5,7,15-16H2,(H,18,19);1-5,8H,6,10H2,(H,11,12);5H,1-4,7-8H2,(H,9,10);4-5H,3,7H2,1-2H3,(H,8,9);4H,2-3,6H2,1H3,(H,7,8);4,6H,1-3H2,(H,7,8)/t13-,14+,17-,18-,19-,20-;10-,11-;8-;2*5-;2*4-/m0000000/s1. The molecule has 0 aliphatic carbocycles. The Balaban J connectivity index is 0. The van der Waals surface area contributed by atoms with Crippen molar-refractivity contribution in [2.75, 3.05) is 31.7 Å². The number of fused-ring (bicyclic) bond motifs is 1. The number of H-pyrrole nitrogens is 1. The summed E-state index contributed by atoms with van der Waals surface area (Å²) in [6, 6.07) is 14.0. The van der Waals surface area contributed by atoms with Crippen LogP contribution in [0.2, 0.25) is 0 Å². The number of carbonyl (C=O) groups excluding carboxylic acids is 5. The van der Waals surface area contributed by atoms with Gasteiger partial charge in [-0.25, -0.2) is 14.4 Å². The summed E-state index contributed by atoms with van der Waals surface area (Å²) in [5.74, 6) is -8.38. The third-order valence-corrected chi connectivity index (χ3v) is 15.7. The van der Waals surface area contributed by atoms with E-state index < -0.39 is 139 Å². The van der Waals surface area contributed by atoms with E-state index in [1.54, 1.807) is 49.1 Å². The first-order valence-corrected chi connectivity index (χ1v) is 34.9. The zero-order chi connectivity index (χ0) is 79.9. The highest BCUT2D eigenvalue weighted by Gasteiger charge is 2.32. The Morgan fingerprint density at radius 3 is 1.53 bits per heavy atom. The fraction of sp³-hybridized carbons (Fsp3) is 0.551. The predicted molar refractivity (Wildman–Crippen MR) is 392 cm³/mol. The molecule has 0 spiro atoms. The van der Waals surface area contributed by atoms with E-state index in [9.17, 15) is 52.7 Å². The van der Waals surface area contributed by atoms with Crippen molar-refractivity contribution in [3.8, 4) is 5.75 Å². The molecule has 1 aliphatic heterocycles. The summed E-state index contributed by atoms with van der Waals surface area (Å²) in [5, 5.41) is 54.2. The van der Waals surface area contributed by atoms with Crippen molar-refractivity contribution in [1.82, 2.24) is 10.3 Å². The number of nitrogens with two attached hydrogens (primary N) is 11. The van der Waals surface area contributed by atoms with Crippen molar-refractivity contribution in [1.29, 1.82) is 0 Å². The molecule has 5 rings (SSSR count). The molecule has 13 atom stereocenters. The van der Waals surface area contributed by atoms with Gasteiger partial charge < -0.3 is 123 Å². The molecule has 586 valence electrons. The van der Waals surface area contributed by atoms with Crippen LogP contribution in [-0.2, 0) is 86.2 Å². The molecule has 1 aromatic heterocycles. The Kier molecular flexibility index (Phi) is 50.7.